The van der Waals surface area contributed by atoms with E-state index in [0.29, 0.717) is 17.7 Å². The molecule has 7 heteroatoms. The molecule has 0 bridgehead atoms. The first-order valence-electron chi connectivity index (χ1n) is 15.0. The molecule has 0 amide bonds. The van der Waals surface area contributed by atoms with Crippen molar-refractivity contribution >= 4 is 55.1 Å². The van der Waals surface area contributed by atoms with Gasteiger partial charge in [0.25, 0.3) is 0 Å². The maximum atomic E-state index is 6.16. The summed E-state index contributed by atoms with van der Waals surface area (Å²) < 4.78 is 20.7. The summed E-state index contributed by atoms with van der Waals surface area (Å²) in [5, 5.41) is 2.11. The Morgan fingerprint density at radius 2 is 0.826 bits per heavy atom. The van der Waals surface area contributed by atoms with Gasteiger partial charge in [0.2, 0.25) is 17.7 Å². The lowest BCUT2D eigenvalue weighted by molar-refractivity contribution is 0.619. The van der Waals surface area contributed by atoms with Crippen molar-refractivity contribution < 1.29 is 13.3 Å². The fourth-order valence-electron chi connectivity index (χ4n) is 6.33. The third-order valence-electron chi connectivity index (χ3n) is 8.49. The highest BCUT2D eigenvalue weighted by molar-refractivity contribution is 6.11. The van der Waals surface area contributed by atoms with Crippen LogP contribution in [0.3, 0.4) is 0 Å². The summed E-state index contributed by atoms with van der Waals surface area (Å²) in [4.78, 5) is 14.3. The zero-order valence-electron chi connectivity index (χ0n) is 24.2. The Kier molecular flexibility index (Phi) is 5.15. The number of fused-ring (bicyclic) bond motifs is 6. The number of hydrogen-bond acceptors (Lipinski definition) is 6. The lowest BCUT2D eigenvalue weighted by Gasteiger charge is -2.09. The molecule has 0 fully saturated rings. The van der Waals surface area contributed by atoms with Crippen molar-refractivity contribution in [3.63, 3.8) is 0 Å². The first-order chi connectivity index (χ1) is 22.7. The second-order valence-electron chi connectivity index (χ2n) is 11.3. The summed E-state index contributed by atoms with van der Waals surface area (Å²) in [5.74, 6) is 1.74. The van der Waals surface area contributed by atoms with E-state index in [4.69, 9.17) is 28.2 Å². The normalized spacial score (nSPS) is 11.9. The highest BCUT2D eigenvalue weighted by Crippen LogP contribution is 2.38. The summed E-state index contributed by atoms with van der Waals surface area (Å²) in [6, 6.07) is 44.4. The SMILES string of the molecule is c1cc(-c2nc3ccccc3o2)cc(-n2c3ccc(-c4nc5ccccc5o4)cc3c3cc(-c4nc5ccccc5o4)ccc32)c1. The van der Waals surface area contributed by atoms with Gasteiger partial charge in [-0.2, -0.15) is 0 Å². The van der Waals surface area contributed by atoms with Gasteiger partial charge in [0.05, 0.1) is 11.0 Å². The van der Waals surface area contributed by atoms with Gasteiger partial charge in [-0.05, 0) is 91.0 Å². The van der Waals surface area contributed by atoms with Gasteiger partial charge in [-0.15, -0.1) is 0 Å². The lowest BCUT2D eigenvalue weighted by atomic mass is 10.1. The van der Waals surface area contributed by atoms with Crippen LogP contribution in [0.15, 0.2) is 147 Å². The van der Waals surface area contributed by atoms with Crippen molar-refractivity contribution in [1.29, 1.82) is 0 Å². The van der Waals surface area contributed by atoms with Crippen molar-refractivity contribution in [2.75, 3.05) is 0 Å². The van der Waals surface area contributed by atoms with E-state index >= 15 is 0 Å². The molecule has 0 aliphatic carbocycles. The summed E-state index contributed by atoms with van der Waals surface area (Å²) in [6.45, 7) is 0. The maximum absolute atomic E-state index is 6.16. The van der Waals surface area contributed by atoms with E-state index in [1.165, 1.54) is 0 Å². The molecule has 4 heterocycles. The molecule has 0 saturated heterocycles. The van der Waals surface area contributed by atoms with Gasteiger partial charge in [-0.1, -0.05) is 42.5 Å². The Morgan fingerprint density at radius 3 is 1.28 bits per heavy atom. The smallest absolute Gasteiger partial charge is 0.227 e. The molecule has 7 nitrogen and oxygen atoms in total. The minimum absolute atomic E-state index is 0.581. The molecule has 0 atom stereocenters. The third kappa shape index (κ3) is 3.82. The Bertz CT molecular complexity index is 2550. The van der Waals surface area contributed by atoms with E-state index in [9.17, 15) is 0 Å². The molecule has 10 aromatic rings. The van der Waals surface area contributed by atoms with Crippen molar-refractivity contribution in [3.05, 3.63) is 133 Å². The average Bonchev–Trinajstić information content (AvgIpc) is 3.90. The summed E-state index contributed by atoms with van der Waals surface area (Å²) >= 11 is 0. The number of aromatic nitrogens is 4. The fourth-order valence-corrected chi connectivity index (χ4v) is 6.33. The molecule has 4 aromatic heterocycles. The van der Waals surface area contributed by atoms with Crippen LogP contribution in [0.5, 0.6) is 0 Å². The third-order valence-corrected chi connectivity index (χ3v) is 8.49. The molecule has 216 valence electrons. The quantitative estimate of drug-likeness (QED) is 0.202. The molecule has 0 saturated carbocycles. The van der Waals surface area contributed by atoms with Gasteiger partial charge in [-0.25, -0.2) is 15.0 Å². The first kappa shape index (κ1) is 24.9. The van der Waals surface area contributed by atoms with Gasteiger partial charge in [0.15, 0.2) is 16.7 Å². The molecule has 0 N–H and O–H groups in total. The monoisotopic (exact) mass is 594 g/mol. The highest BCUT2D eigenvalue weighted by Gasteiger charge is 2.19. The van der Waals surface area contributed by atoms with Crippen molar-refractivity contribution in [3.8, 4) is 40.0 Å². The molecule has 10 rings (SSSR count). The van der Waals surface area contributed by atoms with E-state index in [0.717, 1.165) is 77.5 Å². The zero-order chi connectivity index (χ0) is 30.2. The molecule has 0 radical (unpaired) electrons. The molecule has 0 unspecified atom stereocenters. The van der Waals surface area contributed by atoms with Crippen molar-refractivity contribution in [2.24, 2.45) is 0 Å². The largest absolute Gasteiger partial charge is 0.436 e. The van der Waals surface area contributed by atoms with Gasteiger partial charge in [0, 0.05) is 33.2 Å². The number of hydrogen-bond donors (Lipinski definition) is 0. The number of nitrogens with zero attached hydrogens (tertiary/aromatic N) is 4. The number of benzene rings is 6. The molecule has 0 aliphatic rings. The van der Waals surface area contributed by atoms with Crippen LogP contribution in [0.25, 0.3) is 95.2 Å². The van der Waals surface area contributed by atoms with E-state index < -0.39 is 0 Å². The Hall–Kier alpha value is -6.47. The van der Waals surface area contributed by atoms with Crippen LogP contribution in [0.2, 0.25) is 0 Å². The second kappa shape index (κ2) is 9.51. The number of rotatable bonds is 4. The predicted octanol–water partition coefficient (Wildman–Crippen LogP) is 10.2. The van der Waals surface area contributed by atoms with Crippen LogP contribution in [0.1, 0.15) is 0 Å². The summed E-state index contributed by atoms with van der Waals surface area (Å²) in [7, 11) is 0. The van der Waals surface area contributed by atoms with Crippen LogP contribution in [-0.2, 0) is 0 Å². The molecule has 46 heavy (non-hydrogen) atoms. The molecule has 0 spiro atoms. The summed E-state index contributed by atoms with van der Waals surface area (Å²) in [5.41, 5.74) is 10.5. The molecular formula is C39H22N4O3. The highest BCUT2D eigenvalue weighted by atomic mass is 16.4. The van der Waals surface area contributed by atoms with Crippen molar-refractivity contribution in [1.82, 2.24) is 19.5 Å². The topological polar surface area (TPSA) is 83.0 Å². The second-order valence-corrected chi connectivity index (χ2v) is 11.3. The van der Waals surface area contributed by atoms with Crippen LogP contribution in [-0.4, -0.2) is 19.5 Å². The zero-order valence-corrected chi connectivity index (χ0v) is 24.2. The summed E-state index contributed by atoms with van der Waals surface area (Å²) in [6.07, 6.45) is 0. The van der Waals surface area contributed by atoms with E-state index in [1.54, 1.807) is 0 Å². The van der Waals surface area contributed by atoms with Gasteiger partial charge in [-0.3, -0.25) is 0 Å². The fraction of sp³-hybridized carbons (Fsp3) is 0. The lowest BCUT2D eigenvalue weighted by Crippen LogP contribution is -1.94. The van der Waals surface area contributed by atoms with Crippen LogP contribution < -0.4 is 0 Å². The predicted molar refractivity (Wildman–Crippen MR) is 180 cm³/mol. The first-order valence-corrected chi connectivity index (χ1v) is 15.0. The standard InChI is InChI=1S/C39H22N4O3/c1-4-13-34-29(10-1)40-37(44-34)23-8-7-9-26(20-23)43-32-18-16-24(38-41-30-11-2-5-14-35(30)45-38)21-27(32)28-22-25(17-19-33(28)43)39-42-31-12-3-6-15-36(31)46-39/h1-22H. The Balaban J connectivity index is 1.19. The maximum Gasteiger partial charge on any atom is 0.227 e. The number of para-hydroxylation sites is 6. The minimum atomic E-state index is 0.581. The molecule has 0 aliphatic heterocycles. The van der Waals surface area contributed by atoms with Crippen LogP contribution in [0.4, 0.5) is 0 Å². The molecular weight excluding hydrogens is 572 g/mol. The number of oxazole rings is 3. The molecule has 6 aromatic carbocycles. The minimum Gasteiger partial charge on any atom is -0.436 e. The van der Waals surface area contributed by atoms with Crippen molar-refractivity contribution in [2.45, 2.75) is 0 Å². The van der Waals surface area contributed by atoms with E-state index in [1.807, 2.05) is 84.9 Å². The van der Waals surface area contributed by atoms with Gasteiger partial charge in [0.1, 0.15) is 16.6 Å². The average molecular weight is 595 g/mol. The Morgan fingerprint density at radius 1 is 0.391 bits per heavy atom. The Labute approximate surface area is 261 Å². The van der Waals surface area contributed by atoms with Crippen LogP contribution >= 0.6 is 0 Å². The van der Waals surface area contributed by atoms with Gasteiger partial charge >= 0.3 is 0 Å². The van der Waals surface area contributed by atoms with Crippen LogP contribution in [0, 0.1) is 0 Å². The van der Waals surface area contributed by atoms with Gasteiger partial charge < -0.3 is 17.8 Å². The van der Waals surface area contributed by atoms with E-state index in [-0.39, 0.29) is 0 Å². The van der Waals surface area contributed by atoms with E-state index in [2.05, 4.69) is 53.1 Å².